The van der Waals surface area contributed by atoms with E-state index in [9.17, 15) is 26.4 Å². The SMILES string of the molecule is O=C(NCC1CCS(=O)(=O)C1)OCCOC(=O)NCC1CCS(=O)(=O)C1. The Bertz CT molecular complexity index is 657. The van der Waals surface area contributed by atoms with Crippen molar-refractivity contribution < 1.29 is 35.9 Å². The number of sulfone groups is 2. The lowest BCUT2D eigenvalue weighted by Crippen LogP contribution is -2.33. The van der Waals surface area contributed by atoms with E-state index in [4.69, 9.17) is 9.47 Å². The molecule has 0 bridgehead atoms. The van der Waals surface area contributed by atoms with Crippen LogP contribution in [0, 0.1) is 11.8 Å². The molecule has 2 unspecified atom stereocenters. The largest absolute Gasteiger partial charge is 0.446 e. The maximum Gasteiger partial charge on any atom is 0.407 e. The third-order valence-electron chi connectivity index (χ3n) is 4.27. The van der Waals surface area contributed by atoms with Crippen LogP contribution in [-0.2, 0) is 29.1 Å². The number of alkyl carbamates (subject to hydrolysis) is 2. The second-order valence-electron chi connectivity index (χ2n) is 6.57. The zero-order valence-corrected chi connectivity index (χ0v) is 15.9. The fourth-order valence-corrected chi connectivity index (χ4v) is 6.62. The highest BCUT2D eigenvalue weighted by molar-refractivity contribution is 7.91. The summed E-state index contributed by atoms with van der Waals surface area (Å²) in [7, 11) is -5.96. The van der Waals surface area contributed by atoms with Crippen LogP contribution in [0.1, 0.15) is 12.8 Å². The molecule has 10 nitrogen and oxygen atoms in total. The summed E-state index contributed by atoms with van der Waals surface area (Å²) >= 11 is 0. The maximum atomic E-state index is 11.5. The summed E-state index contributed by atoms with van der Waals surface area (Å²) in [6.07, 6.45) is -0.355. The Balaban J connectivity index is 1.49. The highest BCUT2D eigenvalue weighted by Gasteiger charge is 2.29. The summed E-state index contributed by atoms with van der Waals surface area (Å²) in [5, 5.41) is 4.96. The summed E-state index contributed by atoms with van der Waals surface area (Å²) in [4.78, 5) is 22.9. The number of nitrogens with one attached hydrogen (secondary N) is 2. The van der Waals surface area contributed by atoms with Crippen molar-refractivity contribution in [2.75, 3.05) is 49.3 Å². The number of carbonyl (C=O) groups is 2. The molecule has 2 amide bonds. The van der Waals surface area contributed by atoms with Crippen LogP contribution in [0.4, 0.5) is 9.59 Å². The van der Waals surface area contributed by atoms with E-state index in [0.29, 0.717) is 12.8 Å². The minimum Gasteiger partial charge on any atom is -0.446 e. The van der Waals surface area contributed by atoms with Crippen LogP contribution in [0.3, 0.4) is 0 Å². The van der Waals surface area contributed by atoms with Gasteiger partial charge in [-0.25, -0.2) is 26.4 Å². The van der Waals surface area contributed by atoms with Crippen molar-refractivity contribution in [3.63, 3.8) is 0 Å². The molecule has 0 aromatic rings. The van der Waals surface area contributed by atoms with Crippen molar-refractivity contribution >= 4 is 31.9 Å². The van der Waals surface area contributed by atoms with Crippen molar-refractivity contribution in [3.8, 4) is 0 Å². The average Bonchev–Trinajstić information content (AvgIpc) is 3.08. The molecule has 12 heteroatoms. The molecule has 150 valence electrons. The van der Waals surface area contributed by atoms with Gasteiger partial charge in [-0.15, -0.1) is 0 Å². The van der Waals surface area contributed by atoms with E-state index in [-0.39, 0.29) is 61.2 Å². The number of hydrogen-bond acceptors (Lipinski definition) is 8. The molecule has 0 aromatic heterocycles. The Morgan fingerprint density at radius 3 is 1.46 bits per heavy atom. The molecule has 0 aliphatic carbocycles. The van der Waals surface area contributed by atoms with Crippen LogP contribution < -0.4 is 10.6 Å². The van der Waals surface area contributed by atoms with E-state index < -0.39 is 31.9 Å². The number of ether oxygens (including phenoxy) is 2. The molecule has 2 N–H and O–H groups in total. The summed E-state index contributed by atoms with van der Waals surface area (Å²) in [5.74, 6) is 0.217. The fourth-order valence-electron chi connectivity index (χ4n) is 2.89. The first kappa shape index (κ1) is 20.7. The first-order chi connectivity index (χ1) is 12.2. The third kappa shape index (κ3) is 7.36. The van der Waals surface area contributed by atoms with Crippen molar-refractivity contribution in [1.29, 1.82) is 0 Å². The number of carbonyl (C=O) groups excluding carboxylic acids is 2. The topological polar surface area (TPSA) is 145 Å². The lowest BCUT2D eigenvalue weighted by Gasteiger charge is -2.12. The van der Waals surface area contributed by atoms with Gasteiger partial charge < -0.3 is 20.1 Å². The predicted molar refractivity (Wildman–Crippen MR) is 92.2 cm³/mol. The van der Waals surface area contributed by atoms with E-state index in [1.807, 2.05) is 0 Å². The van der Waals surface area contributed by atoms with Gasteiger partial charge in [0.25, 0.3) is 0 Å². The average molecular weight is 412 g/mol. The van der Waals surface area contributed by atoms with Crippen molar-refractivity contribution in [3.05, 3.63) is 0 Å². The molecule has 2 heterocycles. The first-order valence-corrected chi connectivity index (χ1v) is 12.0. The Hall–Kier alpha value is -1.56. The molecule has 2 rings (SSSR count). The molecular weight excluding hydrogens is 388 g/mol. The van der Waals surface area contributed by atoms with E-state index in [1.165, 1.54) is 0 Å². The van der Waals surface area contributed by atoms with Gasteiger partial charge in [0.2, 0.25) is 0 Å². The molecule has 2 fully saturated rings. The highest BCUT2D eigenvalue weighted by Crippen LogP contribution is 2.18. The quantitative estimate of drug-likeness (QED) is 0.523. The van der Waals surface area contributed by atoms with Crippen LogP contribution in [0.2, 0.25) is 0 Å². The van der Waals surface area contributed by atoms with Crippen LogP contribution >= 0.6 is 0 Å². The molecular formula is C14H24N2O8S2. The predicted octanol–water partition coefficient (Wildman–Crippen LogP) is -0.692. The summed E-state index contributed by atoms with van der Waals surface area (Å²) in [6, 6.07) is 0. The second kappa shape index (κ2) is 8.89. The van der Waals surface area contributed by atoms with Gasteiger partial charge in [0.15, 0.2) is 19.7 Å². The number of rotatable bonds is 7. The van der Waals surface area contributed by atoms with Gasteiger partial charge in [-0.1, -0.05) is 0 Å². The lowest BCUT2D eigenvalue weighted by atomic mass is 10.1. The van der Waals surface area contributed by atoms with Gasteiger partial charge in [-0.3, -0.25) is 0 Å². The Morgan fingerprint density at radius 2 is 1.15 bits per heavy atom. The number of hydrogen-bond donors (Lipinski definition) is 2. The van der Waals surface area contributed by atoms with Gasteiger partial charge in [-0.05, 0) is 24.7 Å². The minimum absolute atomic E-state index is 0.0683. The molecule has 0 spiro atoms. The Labute approximate surface area is 152 Å². The molecule has 2 atom stereocenters. The highest BCUT2D eigenvalue weighted by atomic mass is 32.2. The van der Waals surface area contributed by atoms with Crippen molar-refractivity contribution in [2.45, 2.75) is 12.8 Å². The molecule has 2 aliphatic rings. The number of amides is 2. The van der Waals surface area contributed by atoms with Gasteiger partial charge in [0.1, 0.15) is 13.2 Å². The van der Waals surface area contributed by atoms with E-state index in [0.717, 1.165) is 0 Å². The second-order valence-corrected chi connectivity index (χ2v) is 11.0. The van der Waals surface area contributed by atoms with Gasteiger partial charge in [0, 0.05) is 13.1 Å². The summed E-state index contributed by atoms with van der Waals surface area (Å²) < 4.78 is 54.9. The van der Waals surface area contributed by atoms with Crippen LogP contribution in [0.15, 0.2) is 0 Å². The Kier molecular flexibility index (Phi) is 7.09. The third-order valence-corrected chi connectivity index (χ3v) is 7.95. The van der Waals surface area contributed by atoms with Gasteiger partial charge in [-0.2, -0.15) is 0 Å². The molecule has 2 aliphatic heterocycles. The molecule has 0 saturated carbocycles. The monoisotopic (exact) mass is 412 g/mol. The molecule has 0 aromatic carbocycles. The van der Waals surface area contributed by atoms with Crippen LogP contribution in [0.25, 0.3) is 0 Å². The molecule has 0 radical (unpaired) electrons. The first-order valence-electron chi connectivity index (χ1n) is 8.37. The zero-order chi connectivity index (χ0) is 19.2. The smallest absolute Gasteiger partial charge is 0.407 e. The molecule has 2 saturated heterocycles. The van der Waals surface area contributed by atoms with E-state index >= 15 is 0 Å². The van der Waals surface area contributed by atoms with Crippen molar-refractivity contribution in [1.82, 2.24) is 10.6 Å². The van der Waals surface area contributed by atoms with Gasteiger partial charge >= 0.3 is 12.2 Å². The summed E-state index contributed by atoms with van der Waals surface area (Å²) in [6.45, 7) is 0.174. The van der Waals surface area contributed by atoms with E-state index in [2.05, 4.69) is 10.6 Å². The normalized spacial score (nSPS) is 26.2. The zero-order valence-electron chi connectivity index (χ0n) is 14.3. The van der Waals surface area contributed by atoms with Gasteiger partial charge in [0.05, 0.1) is 23.0 Å². The lowest BCUT2D eigenvalue weighted by molar-refractivity contribution is 0.0948. The molecule has 26 heavy (non-hydrogen) atoms. The minimum atomic E-state index is -2.98. The fraction of sp³-hybridized carbons (Fsp3) is 0.857. The van der Waals surface area contributed by atoms with Crippen molar-refractivity contribution in [2.24, 2.45) is 11.8 Å². The standard InChI is InChI=1S/C14H24N2O8S2/c17-13(15-7-11-1-5-25(19,20)9-11)23-3-4-24-14(18)16-8-12-2-6-26(21,22)10-12/h11-12H,1-10H2,(H,15,17)(H,16,18). The summed E-state index contributed by atoms with van der Waals surface area (Å²) in [5.41, 5.74) is 0. The van der Waals surface area contributed by atoms with Crippen LogP contribution in [-0.4, -0.2) is 78.3 Å². The maximum absolute atomic E-state index is 11.5. The van der Waals surface area contributed by atoms with E-state index in [1.54, 1.807) is 0 Å². The van der Waals surface area contributed by atoms with Crippen LogP contribution in [0.5, 0.6) is 0 Å². The Morgan fingerprint density at radius 1 is 0.769 bits per heavy atom.